The van der Waals surface area contributed by atoms with Crippen LogP contribution in [0.1, 0.15) is 5.56 Å². The van der Waals surface area contributed by atoms with Crippen LogP contribution in [0.4, 0.5) is 5.69 Å². The van der Waals surface area contributed by atoms with Gasteiger partial charge in [0, 0.05) is 5.69 Å². The first-order valence-electron chi connectivity index (χ1n) is 3.23. The number of anilines is 1. The lowest BCUT2D eigenvalue weighted by Crippen LogP contribution is -1.87. The van der Waals surface area contributed by atoms with Gasteiger partial charge in [-0.3, -0.25) is 4.79 Å². The molecule has 0 aromatic heterocycles. The van der Waals surface area contributed by atoms with E-state index in [9.17, 15) is 4.79 Å². The standard InChI is InChI=1S/C9H8NO/c10-9-6-2-1-4-8(9)5-3-7-11/h1-6H,10H2/b5-3+. The highest BCUT2D eigenvalue weighted by Gasteiger charge is 1.89. The van der Waals surface area contributed by atoms with E-state index in [2.05, 4.69) is 0 Å². The Labute approximate surface area is 65.3 Å². The summed E-state index contributed by atoms with van der Waals surface area (Å²) in [7, 11) is 0. The third-order valence-corrected chi connectivity index (χ3v) is 1.33. The summed E-state index contributed by atoms with van der Waals surface area (Å²) in [5.74, 6) is 0. The second-order valence-corrected chi connectivity index (χ2v) is 2.08. The molecule has 0 spiro atoms. The van der Waals surface area contributed by atoms with Gasteiger partial charge in [0.2, 0.25) is 6.29 Å². The average molecular weight is 146 g/mol. The van der Waals surface area contributed by atoms with Gasteiger partial charge in [-0.1, -0.05) is 18.2 Å². The van der Waals surface area contributed by atoms with E-state index in [-0.39, 0.29) is 0 Å². The van der Waals surface area contributed by atoms with E-state index in [1.807, 2.05) is 18.2 Å². The lowest BCUT2D eigenvalue weighted by molar-refractivity contribution is 0.564. The molecule has 0 aliphatic heterocycles. The van der Waals surface area contributed by atoms with E-state index in [0.29, 0.717) is 5.69 Å². The van der Waals surface area contributed by atoms with Crippen LogP contribution in [-0.2, 0) is 4.79 Å². The zero-order chi connectivity index (χ0) is 8.10. The highest BCUT2D eigenvalue weighted by atomic mass is 16.1. The zero-order valence-corrected chi connectivity index (χ0v) is 5.95. The van der Waals surface area contributed by atoms with E-state index in [4.69, 9.17) is 5.73 Å². The summed E-state index contributed by atoms with van der Waals surface area (Å²) in [5, 5.41) is 0. The molecule has 11 heavy (non-hydrogen) atoms. The largest absolute Gasteiger partial charge is 0.398 e. The molecular formula is C9H8NO. The Hall–Kier alpha value is -1.57. The van der Waals surface area contributed by atoms with Crippen molar-refractivity contribution in [1.29, 1.82) is 0 Å². The van der Waals surface area contributed by atoms with Gasteiger partial charge in [-0.2, -0.15) is 0 Å². The normalized spacial score (nSPS) is 10.2. The molecular weight excluding hydrogens is 138 g/mol. The Balaban J connectivity index is 2.94. The van der Waals surface area contributed by atoms with Gasteiger partial charge in [-0.15, -0.1) is 0 Å². The van der Waals surface area contributed by atoms with Crippen molar-refractivity contribution in [1.82, 2.24) is 0 Å². The minimum atomic E-state index is 0.666. The summed E-state index contributed by atoms with van der Waals surface area (Å²) in [6.07, 6.45) is 4.58. The Morgan fingerprint density at radius 1 is 1.36 bits per heavy atom. The van der Waals surface area contributed by atoms with Gasteiger partial charge in [0.05, 0.1) is 0 Å². The van der Waals surface area contributed by atoms with Gasteiger partial charge in [0.1, 0.15) is 0 Å². The predicted octanol–water partition coefficient (Wildman–Crippen LogP) is 1.39. The van der Waals surface area contributed by atoms with Gasteiger partial charge in [0.15, 0.2) is 0 Å². The van der Waals surface area contributed by atoms with Crippen molar-refractivity contribution in [3.63, 3.8) is 0 Å². The Bertz CT molecular complexity index is 279. The molecule has 0 saturated heterocycles. The van der Waals surface area contributed by atoms with Crippen molar-refractivity contribution in [2.45, 2.75) is 0 Å². The molecule has 0 aliphatic carbocycles. The minimum Gasteiger partial charge on any atom is -0.398 e. The second kappa shape index (κ2) is 3.56. The fourth-order valence-corrected chi connectivity index (χ4v) is 0.786. The summed E-state index contributed by atoms with van der Waals surface area (Å²) < 4.78 is 0. The molecule has 1 aromatic rings. The van der Waals surface area contributed by atoms with E-state index in [1.54, 1.807) is 18.4 Å². The third-order valence-electron chi connectivity index (χ3n) is 1.33. The van der Waals surface area contributed by atoms with Crippen LogP contribution in [0.5, 0.6) is 0 Å². The number of rotatable bonds is 2. The number of carbonyl (C=O) groups excluding carboxylic acids is 1. The van der Waals surface area contributed by atoms with Crippen molar-refractivity contribution in [2.24, 2.45) is 0 Å². The van der Waals surface area contributed by atoms with Crippen molar-refractivity contribution in [3.05, 3.63) is 35.9 Å². The molecule has 1 radical (unpaired) electrons. The Morgan fingerprint density at radius 3 is 2.73 bits per heavy atom. The van der Waals surface area contributed by atoms with Gasteiger partial charge < -0.3 is 5.73 Å². The van der Waals surface area contributed by atoms with E-state index >= 15 is 0 Å². The topological polar surface area (TPSA) is 43.1 Å². The number of nitrogens with two attached hydrogens (primary N) is 1. The zero-order valence-electron chi connectivity index (χ0n) is 5.95. The molecule has 0 atom stereocenters. The van der Waals surface area contributed by atoms with Crippen LogP contribution in [-0.4, -0.2) is 6.29 Å². The number of benzene rings is 1. The van der Waals surface area contributed by atoms with Crippen LogP contribution in [0, 0.1) is 0 Å². The molecule has 0 amide bonds. The summed E-state index contributed by atoms with van der Waals surface area (Å²) in [6.45, 7) is 0. The fraction of sp³-hybridized carbons (Fsp3) is 0. The van der Waals surface area contributed by atoms with Crippen LogP contribution >= 0.6 is 0 Å². The van der Waals surface area contributed by atoms with Gasteiger partial charge in [-0.25, -0.2) is 0 Å². The minimum absolute atomic E-state index is 0.666. The van der Waals surface area contributed by atoms with Crippen molar-refractivity contribution >= 4 is 18.0 Å². The molecule has 2 N–H and O–H groups in total. The monoisotopic (exact) mass is 146 g/mol. The SMILES string of the molecule is Nc1ccccc1/C=C/[C]=O. The highest BCUT2D eigenvalue weighted by Crippen LogP contribution is 2.11. The average Bonchev–Trinajstić information content (AvgIpc) is 2.03. The summed E-state index contributed by atoms with van der Waals surface area (Å²) in [6, 6.07) is 7.33. The van der Waals surface area contributed by atoms with Crippen LogP contribution in [0.3, 0.4) is 0 Å². The number of nitrogen functional groups attached to an aromatic ring is 1. The van der Waals surface area contributed by atoms with Crippen molar-refractivity contribution in [2.75, 3.05) is 5.73 Å². The van der Waals surface area contributed by atoms with Crippen LogP contribution in [0.15, 0.2) is 30.3 Å². The fourth-order valence-electron chi connectivity index (χ4n) is 0.786. The number of hydrogen-bond donors (Lipinski definition) is 1. The van der Waals surface area contributed by atoms with Crippen LogP contribution < -0.4 is 5.73 Å². The molecule has 2 nitrogen and oxygen atoms in total. The third kappa shape index (κ3) is 1.93. The highest BCUT2D eigenvalue weighted by molar-refractivity contribution is 5.77. The van der Waals surface area contributed by atoms with Gasteiger partial charge >= 0.3 is 0 Å². The molecule has 0 fully saturated rings. The molecule has 0 heterocycles. The maximum atomic E-state index is 9.84. The molecule has 0 unspecified atom stereocenters. The van der Waals surface area contributed by atoms with E-state index in [1.165, 1.54) is 6.08 Å². The molecule has 1 rings (SSSR count). The maximum Gasteiger partial charge on any atom is 0.225 e. The molecule has 2 heteroatoms. The smallest absolute Gasteiger partial charge is 0.225 e. The van der Waals surface area contributed by atoms with E-state index in [0.717, 1.165) is 5.56 Å². The molecule has 0 aliphatic rings. The van der Waals surface area contributed by atoms with Crippen molar-refractivity contribution < 1.29 is 4.79 Å². The molecule has 1 aromatic carbocycles. The number of hydrogen-bond acceptors (Lipinski definition) is 2. The lowest BCUT2D eigenvalue weighted by atomic mass is 10.2. The van der Waals surface area contributed by atoms with Crippen molar-refractivity contribution in [3.8, 4) is 0 Å². The Kier molecular flexibility index (Phi) is 2.44. The Morgan fingerprint density at radius 2 is 2.09 bits per heavy atom. The van der Waals surface area contributed by atoms with Gasteiger partial charge in [0.25, 0.3) is 0 Å². The van der Waals surface area contributed by atoms with E-state index < -0.39 is 0 Å². The summed E-state index contributed by atoms with van der Waals surface area (Å²) >= 11 is 0. The van der Waals surface area contributed by atoms with Crippen LogP contribution in [0.2, 0.25) is 0 Å². The van der Waals surface area contributed by atoms with Crippen LogP contribution in [0.25, 0.3) is 6.08 Å². The number of allylic oxidation sites excluding steroid dienone is 1. The first-order valence-corrected chi connectivity index (χ1v) is 3.23. The quantitative estimate of drug-likeness (QED) is 0.506. The second-order valence-electron chi connectivity index (χ2n) is 2.08. The molecule has 0 bridgehead atoms. The number of para-hydroxylation sites is 1. The lowest BCUT2D eigenvalue weighted by Gasteiger charge is -1.96. The first-order chi connectivity index (χ1) is 5.34. The molecule has 55 valence electrons. The van der Waals surface area contributed by atoms with Gasteiger partial charge in [-0.05, 0) is 23.8 Å². The predicted molar refractivity (Wildman–Crippen MR) is 45.6 cm³/mol. The summed E-state index contributed by atoms with van der Waals surface area (Å²) in [4.78, 5) is 9.84. The molecule has 0 saturated carbocycles. The first kappa shape index (κ1) is 7.54. The summed E-state index contributed by atoms with van der Waals surface area (Å²) in [5.41, 5.74) is 7.09. The maximum absolute atomic E-state index is 9.84.